The smallest absolute Gasteiger partial charge is 0.395 e. The largest absolute Gasteiger partial charge is 0.416 e. The van der Waals surface area contributed by atoms with E-state index in [0.29, 0.717) is 52.2 Å². The van der Waals surface area contributed by atoms with E-state index >= 15 is 0 Å². The van der Waals surface area contributed by atoms with Crippen molar-refractivity contribution in [1.29, 1.82) is 0 Å². The molecule has 3 aromatic rings. The highest BCUT2D eigenvalue weighted by Gasteiger charge is 2.38. The van der Waals surface area contributed by atoms with Gasteiger partial charge in [0.25, 0.3) is 5.91 Å². The zero-order valence-electron chi connectivity index (χ0n) is 20.1. The summed E-state index contributed by atoms with van der Waals surface area (Å²) in [5, 5.41) is 17.8. The van der Waals surface area contributed by atoms with Gasteiger partial charge in [-0.3, -0.25) is 9.48 Å². The molecule has 2 aromatic carbocycles. The number of hydrogen-bond donors (Lipinski definition) is 2. The molecule has 0 radical (unpaired) electrons. The molecule has 1 amide bonds. The van der Waals surface area contributed by atoms with Crippen molar-refractivity contribution in [2.45, 2.75) is 24.9 Å². The van der Waals surface area contributed by atoms with Gasteiger partial charge in [-0.25, -0.2) is 0 Å². The molecule has 14 heteroatoms. The minimum Gasteiger partial charge on any atom is -0.395 e. The number of alkyl halides is 6. The van der Waals surface area contributed by atoms with Crippen LogP contribution in [0, 0.1) is 0 Å². The van der Waals surface area contributed by atoms with Crippen molar-refractivity contribution >= 4 is 39.8 Å². The highest BCUT2D eigenvalue weighted by Crippen LogP contribution is 2.38. The molecule has 1 aromatic heterocycles. The lowest BCUT2D eigenvalue weighted by Crippen LogP contribution is -2.53. The van der Waals surface area contributed by atoms with E-state index in [-0.39, 0.29) is 30.8 Å². The second-order valence-corrected chi connectivity index (χ2v) is 10.1. The molecule has 0 spiro atoms. The Morgan fingerprint density at radius 3 is 2.62 bits per heavy atom. The normalized spacial score (nSPS) is 19.8. The Kier molecular flexibility index (Phi) is 7.20. The predicted octanol–water partition coefficient (Wildman–Crippen LogP) is 4.36. The molecule has 7 nitrogen and oxygen atoms in total. The lowest BCUT2D eigenvalue weighted by Gasteiger charge is -2.33. The maximum absolute atomic E-state index is 13.6. The Bertz CT molecular complexity index is 1480. The topological polar surface area (TPSA) is 82.8 Å². The van der Waals surface area contributed by atoms with Crippen LogP contribution in [-0.4, -0.2) is 63.1 Å². The van der Waals surface area contributed by atoms with Gasteiger partial charge in [-0.1, -0.05) is 12.1 Å². The van der Waals surface area contributed by atoms with Crippen LogP contribution >= 0.6 is 11.8 Å². The first kappa shape index (κ1) is 27.2. The number of aliphatic hydroxyl groups is 1. The van der Waals surface area contributed by atoms with E-state index < -0.39 is 29.4 Å². The van der Waals surface area contributed by atoms with Crippen LogP contribution in [0.15, 0.2) is 52.5 Å². The van der Waals surface area contributed by atoms with Gasteiger partial charge < -0.3 is 15.3 Å². The molecule has 0 unspecified atom stereocenters. The second-order valence-electron chi connectivity index (χ2n) is 9.08. The van der Waals surface area contributed by atoms with Gasteiger partial charge in [0.05, 0.1) is 40.9 Å². The van der Waals surface area contributed by atoms with Gasteiger partial charge in [0.15, 0.2) is 5.17 Å². The van der Waals surface area contributed by atoms with Crippen molar-refractivity contribution in [2.75, 3.05) is 26.2 Å². The number of piperazine rings is 1. The maximum atomic E-state index is 13.6. The van der Waals surface area contributed by atoms with Gasteiger partial charge in [-0.15, -0.1) is 0 Å². The van der Waals surface area contributed by atoms with E-state index in [1.807, 2.05) is 4.90 Å². The summed E-state index contributed by atoms with van der Waals surface area (Å²) in [4.78, 5) is 19.0. The van der Waals surface area contributed by atoms with Crippen LogP contribution in [0.3, 0.4) is 0 Å². The molecule has 39 heavy (non-hydrogen) atoms. The quantitative estimate of drug-likeness (QED) is 0.359. The Hall–Kier alpha value is -3.36. The zero-order valence-corrected chi connectivity index (χ0v) is 20.9. The number of aliphatic imine (C=N–C) groups is 1. The molecule has 0 saturated carbocycles. The number of halogens is 6. The molecule has 0 bridgehead atoms. The van der Waals surface area contributed by atoms with E-state index in [4.69, 9.17) is 0 Å². The van der Waals surface area contributed by atoms with Gasteiger partial charge in [0, 0.05) is 31.1 Å². The molecule has 3 heterocycles. The number of rotatable bonds is 4. The molecule has 1 fully saturated rings. The van der Waals surface area contributed by atoms with Crippen molar-refractivity contribution in [3.63, 3.8) is 0 Å². The van der Waals surface area contributed by atoms with Crippen LogP contribution in [0.25, 0.3) is 17.0 Å². The van der Waals surface area contributed by atoms with Gasteiger partial charge in [0.1, 0.15) is 0 Å². The minimum absolute atomic E-state index is 0.0326. The number of amidine groups is 1. The second kappa shape index (κ2) is 10.3. The summed E-state index contributed by atoms with van der Waals surface area (Å²) in [6.45, 7) is 1.39. The number of aromatic nitrogens is 2. The van der Waals surface area contributed by atoms with E-state index in [2.05, 4.69) is 15.4 Å². The third kappa shape index (κ3) is 5.82. The van der Waals surface area contributed by atoms with E-state index in [1.54, 1.807) is 24.3 Å². The predicted molar refractivity (Wildman–Crippen MR) is 134 cm³/mol. The van der Waals surface area contributed by atoms with Crippen molar-refractivity contribution in [3.05, 3.63) is 69.8 Å². The first-order chi connectivity index (χ1) is 18.4. The van der Waals surface area contributed by atoms with Gasteiger partial charge in [-0.05, 0) is 53.2 Å². The van der Waals surface area contributed by atoms with Gasteiger partial charge in [0.2, 0.25) is 0 Å². The summed E-state index contributed by atoms with van der Waals surface area (Å²) in [5.74, 6) is -0.396. The molecule has 2 N–H and O–H groups in total. The fraction of sp³-hybridized carbons (Fsp3) is 0.320. The number of thioether (sulfide) groups is 1. The lowest BCUT2D eigenvalue weighted by atomic mass is 10.0. The van der Waals surface area contributed by atoms with Crippen molar-refractivity contribution in [1.82, 2.24) is 20.0 Å². The number of aliphatic hydroxyl groups excluding tert-OH is 1. The summed E-state index contributed by atoms with van der Waals surface area (Å²) in [6, 6.07) is 6.45. The lowest BCUT2D eigenvalue weighted by molar-refractivity contribution is -0.143. The number of fused-ring (bicyclic) bond motifs is 1. The van der Waals surface area contributed by atoms with Gasteiger partial charge in [-0.2, -0.15) is 36.4 Å². The molecule has 2 aliphatic heterocycles. The summed E-state index contributed by atoms with van der Waals surface area (Å²) in [6.07, 6.45) is -6.78. The number of nitrogens with one attached hydrogen (secondary N) is 1. The number of nitrogens with zero attached hydrogens (tertiary/aromatic N) is 4. The number of benzene rings is 2. The molecule has 206 valence electrons. The third-order valence-corrected chi connectivity index (χ3v) is 7.43. The molecule has 2 aliphatic rings. The first-order valence-corrected chi connectivity index (χ1v) is 12.6. The molecular formula is C25H21F6N5O2S. The Labute approximate surface area is 222 Å². The number of carbonyl (C=O) groups excluding carboxylic acids is 1. The summed E-state index contributed by atoms with van der Waals surface area (Å²) < 4.78 is 80.9. The van der Waals surface area contributed by atoms with Crippen molar-refractivity contribution in [2.24, 2.45) is 4.99 Å². The molecule has 1 saturated heterocycles. The first-order valence-electron chi connectivity index (χ1n) is 11.8. The molecular weight excluding hydrogens is 548 g/mol. The SMILES string of the molecule is O=C1N=C(N2CCN[C@H](CO)C2)SC1=Cc1ccc2c(cnn2Cc2ccc(C(F)(F)F)cc2C(F)(F)F)c1. The summed E-state index contributed by atoms with van der Waals surface area (Å²) in [5.41, 5.74) is -1.97. The van der Waals surface area contributed by atoms with Crippen LogP contribution in [-0.2, 0) is 23.7 Å². The van der Waals surface area contributed by atoms with Crippen LogP contribution < -0.4 is 5.32 Å². The van der Waals surface area contributed by atoms with Gasteiger partial charge >= 0.3 is 12.4 Å². The van der Waals surface area contributed by atoms with Crippen LogP contribution in [0.1, 0.15) is 22.3 Å². The Balaban J connectivity index is 1.36. The highest BCUT2D eigenvalue weighted by atomic mass is 32.2. The minimum atomic E-state index is -4.98. The van der Waals surface area contributed by atoms with E-state index in [1.165, 1.54) is 22.6 Å². The summed E-state index contributed by atoms with van der Waals surface area (Å²) >= 11 is 1.22. The van der Waals surface area contributed by atoms with Crippen molar-refractivity contribution in [3.8, 4) is 0 Å². The Morgan fingerprint density at radius 2 is 1.90 bits per heavy atom. The van der Waals surface area contributed by atoms with Crippen LogP contribution in [0.5, 0.6) is 0 Å². The number of amides is 1. The zero-order chi connectivity index (χ0) is 27.9. The number of carbonyl (C=O) groups is 1. The molecule has 0 aliphatic carbocycles. The monoisotopic (exact) mass is 569 g/mol. The highest BCUT2D eigenvalue weighted by molar-refractivity contribution is 8.18. The Morgan fingerprint density at radius 1 is 1.10 bits per heavy atom. The van der Waals surface area contributed by atoms with E-state index in [0.717, 1.165) is 6.07 Å². The van der Waals surface area contributed by atoms with E-state index in [9.17, 15) is 36.2 Å². The summed E-state index contributed by atoms with van der Waals surface area (Å²) in [7, 11) is 0. The maximum Gasteiger partial charge on any atom is 0.416 e. The average Bonchev–Trinajstić information content (AvgIpc) is 3.45. The number of hydrogen-bond acceptors (Lipinski definition) is 6. The molecule has 1 atom stereocenters. The van der Waals surface area contributed by atoms with Crippen LogP contribution in [0.4, 0.5) is 26.3 Å². The fourth-order valence-corrected chi connectivity index (χ4v) is 5.39. The average molecular weight is 570 g/mol. The standard InChI is InChI=1S/C25H21F6N5O2S/c26-24(27,28)17-3-2-15(19(9-17)25(29,30)31)11-36-20-4-1-14(7-16(20)10-33-36)8-21-22(38)34-23(39-21)35-6-5-32-18(12-35)13-37/h1-4,7-10,18,32,37H,5-6,11-13H2/t18-/m0/s1. The third-order valence-electron chi connectivity index (χ3n) is 6.38. The fourth-order valence-electron chi connectivity index (χ4n) is 4.44. The van der Waals surface area contributed by atoms with Crippen molar-refractivity contribution < 1.29 is 36.2 Å². The molecule has 5 rings (SSSR count). The van der Waals surface area contributed by atoms with Crippen LogP contribution in [0.2, 0.25) is 0 Å².